The number of hydrogen-bond donors (Lipinski definition) is 1. The molecule has 2 saturated heterocycles. The number of nitrogens with one attached hydrogen (secondary N) is 1. The second-order valence-corrected chi connectivity index (χ2v) is 16.3. The van der Waals surface area contributed by atoms with E-state index in [4.69, 9.17) is 0 Å². The van der Waals surface area contributed by atoms with Crippen molar-refractivity contribution in [1.29, 1.82) is 5.26 Å². The van der Waals surface area contributed by atoms with Gasteiger partial charge in [-0.1, -0.05) is 43.7 Å². The Morgan fingerprint density at radius 2 is 1.58 bits per heavy atom. The summed E-state index contributed by atoms with van der Waals surface area (Å²) in [6, 6.07) is 22.4. The summed E-state index contributed by atoms with van der Waals surface area (Å²) < 4.78 is 53.0. The van der Waals surface area contributed by atoms with Gasteiger partial charge in [0.15, 0.2) is 0 Å². The van der Waals surface area contributed by atoms with Gasteiger partial charge in [-0.25, -0.2) is 21.6 Å². The van der Waals surface area contributed by atoms with E-state index >= 15 is 0 Å². The number of aromatic nitrogens is 1. The molecule has 3 heterocycles. The number of anilines is 1. The molecule has 0 spiro atoms. The molecule has 11 heteroatoms. The maximum absolute atomic E-state index is 12.9. The summed E-state index contributed by atoms with van der Waals surface area (Å²) in [5.74, 6) is 0.645. The van der Waals surface area contributed by atoms with Crippen molar-refractivity contribution in [1.82, 2.24) is 14.6 Å². The van der Waals surface area contributed by atoms with Crippen LogP contribution in [-0.4, -0.2) is 71.7 Å². The zero-order valence-electron chi connectivity index (χ0n) is 26.0. The van der Waals surface area contributed by atoms with E-state index in [-0.39, 0.29) is 21.8 Å². The van der Waals surface area contributed by atoms with E-state index in [9.17, 15) is 22.1 Å². The number of rotatable bonds is 13. The van der Waals surface area contributed by atoms with Gasteiger partial charge in [0, 0.05) is 49.7 Å². The minimum Gasteiger partial charge on any atom is -0.371 e. The summed E-state index contributed by atoms with van der Waals surface area (Å²) >= 11 is 0. The predicted molar refractivity (Wildman–Crippen MR) is 176 cm³/mol. The molecule has 2 aliphatic rings. The number of sulfonamides is 1. The lowest BCUT2D eigenvalue weighted by Gasteiger charge is -2.46. The van der Waals surface area contributed by atoms with Gasteiger partial charge in [-0.3, -0.25) is 4.98 Å². The summed E-state index contributed by atoms with van der Waals surface area (Å²) in [4.78, 5) is 9.19. The minimum absolute atomic E-state index is 0.127. The van der Waals surface area contributed by atoms with Gasteiger partial charge in [0.25, 0.3) is 0 Å². The Balaban J connectivity index is 1.18. The maximum atomic E-state index is 12.9. The average Bonchev–Trinajstić information content (AvgIpc) is 3.02. The van der Waals surface area contributed by atoms with E-state index in [0.29, 0.717) is 18.8 Å². The number of benzene rings is 2. The van der Waals surface area contributed by atoms with Crippen LogP contribution in [0.2, 0.25) is 0 Å². The van der Waals surface area contributed by atoms with Crippen LogP contribution in [0, 0.1) is 23.2 Å². The van der Waals surface area contributed by atoms with Gasteiger partial charge in [-0.05, 0) is 86.7 Å². The zero-order chi connectivity index (χ0) is 32.1. The van der Waals surface area contributed by atoms with Gasteiger partial charge in [-0.15, -0.1) is 0 Å². The first kappa shape index (κ1) is 33.1. The molecule has 240 valence electrons. The third-order valence-electron chi connectivity index (χ3n) is 9.30. The molecule has 5 rings (SSSR count). The largest absolute Gasteiger partial charge is 0.371 e. The lowest BCUT2D eigenvalue weighted by atomic mass is 9.64. The van der Waals surface area contributed by atoms with Crippen molar-refractivity contribution in [3.63, 3.8) is 0 Å². The first-order chi connectivity index (χ1) is 21.5. The fourth-order valence-electron chi connectivity index (χ4n) is 7.06. The van der Waals surface area contributed by atoms with Crippen LogP contribution in [-0.2, 0) is 25.3 Å². The number of sulfone groups is 1. The highest BCUT2D eigenvalue weighted by Gasteiger charge is 2.44. The number of likely N-dealkylation sites (tertiary alicyclic amines) is 1. The second-order valence-electron chi connectivity index (χ2n) is 12.6. The van der Waals surface area contributed by atoms with E-state index in [1.807, 2.05) is 49.4 Å². The number of hydrogen-bond acceptors (Lipinski definition) is 8. The van der Waals surface area contributed by atoms with Crippen molar-refractivity contribution in [2.75, 3.05) is 43.9 Å². The van der Waals surface area contributed by atoms with Crippen molar-refractivity contribution in [3.8, 4) is 6.07 Å². The molecule has 0 aliphatic carbocycles. The molecule has 9 nitrogen and oxygen atoms in total. The van der Waals surface area contributed by atoms with Gasteiger partial charge in [0.1, 0.15) is 0 Å². The van der Waals surface area contributed by atoms with Crippen LogP contribution in [0.1, 0.15) is 44.6 Å². The first-order valence-corrected chi connectivity index (χ1v) is 19.1. The van der Waals surface area contributed by atoms with Gasteiger partial charge < -0.3 is 9.80 Å². The molecule has 2 aromatic carbocycles. The van der Waals surface area contributed by atoms with Gasteiger partial charge in [0.05, 0.1) is 27.5 Å². The van der Waals surface area contributed by atoms with Crippen LogP contribution in [0.5, 0.6) is 0 Å². The summed E-state index contributed by atoms with van der Waals surface area (Å²) in [5, 5.41) is 10.7. The van der Waals surface area contributed by atoms with Crippen molar-refractivity contribution >= 4 is 25.5 Å². The first-order valence-electron chi connectivity index (χ1n) is 15.7. The zero-order valence-corrected chi connectivity index (χ0v) is 27.7. The Kier molecular flexibility index (Phi) is 10.3. The van der Waals surface area contributed by atoms with Gasteiger partial charge in [0.2, 0.25) is 19.9 Å². The Hall–Kier alpha value is -3.30. The van der Waals surface area contributed by atoms with Crippen LogP contribution >= 0.6 is 0 Å². The molecule has 0 bridgehead atoms. The monoisotopic (exact) mass is 649 g/mol. The van der Waals surface area contributed by atoms with Crippen LogP contribution in [0.4, 0.5) is 5.69 Å². The SMILES string of the molecule is CCC[C@@H](CC(C#N)(c1ccccc1)C1CCN(CC2CN(c3ccc(S(=O)(=O)c4ccncc4)cc3)C2)CC1)NS(C)(=O)=O. The molecule has 2 aliphatic heterocycles. The summed E-state index contributed by atoms with van der Waals surface area (Å²) in [5.41, 5.74) is 1.22. The van der Waals surface area contributed by atoms with Crippen LogP contribution in [0.15, 0.2) is 88.9 Å². The number of piperidine rings is 1. The predicted octanol–water partition coefficient (Wildman–Crippen LogP) is 4.63. The van der Waals surface area contributed by atoms with Gasteiger partial charge in [-0.2, -0.15) is 5.26 Å². The molecule has 2 fully saturated rings. The minimum atomic E-state index is -3.57. The highest BCUT2D eigenvalue weighted by molar-refractivity contribution is 7.91. The molecule has 1 aromatic heterocycles. The lowest BCUT2D eigenvalue weighted by Crippen LogP contribution is -2.53. The smallest absolute Gasteiger partial charge is 0.208 e. The van der Waals surface area contributed by atoms with E-state index in [1.165, 1.54) is 30.8 Å². The van der Waals surface area contributed by atoms with Crippen molar-refractivity contribution < 1.29 is 16.8 Å². The summed E-state index contributed by atoms with van der Waals surface area (Å²) in [6.45, 7) is 6.65. The highest BCUT2D eigenvalue weighted by atomic mass is 32.2. The number of nitrogens with zero attached hydrogens (tertiary/aromatic N) is 4. The van der Waals surface area contributed by atoms with Crippen LogP contribution in [0.25, 0.3) is 0 Å². The molecular weight excluding hydrogens is 607 g/mol. The Morgan fingerprint density at radius 3 is 2.16 bits per heavy atom. The third kappa shape index (κ3) is 7.75. The maximum Gasteiger partial charge on any atom is 0.208 e. The third-order valence-corrected chi connectivity index (χ3v) is 11.9. The second kappa shape index (κ2) is 14.0. The van der Waals surface area contributed by atoms with Crippen molar-refractivity contribution in [2.45, 2.75) is 60.3 Å². The molecule has 45 heavy (non-hydrogen) atoms. The highest BCUT2D eigenvalue weighted by Crippen LogP contribution is 2.43. The molecular formula is C34H43N5O4S2. The Labute approximate surface area is 268 Å². The van der Waals surface area contributed by atoms with Crippen molar-refractivity contribution in [2.24, 2.45) is 11.8 Å². The quantitative estimate of drug-likeness (QED) is 0.284. The Bertz CT molecular complexity index is 1670. The molecule has 0 amide bonds. The van der Waals surface area contributed by atoms with E-state index in [0.717, 1.165) is 63.2 Å². The molecule has 1 N–H and O–H groups in total. The molecule has 2 atom stereocenters. The average molecular weight is 650 g/mol. The van der Waals surface area contributed by atoms with E-state index in [2.05, 4.69) is 25.6 Å². The number of nitriles is 1. The fourth-order valence-corrected chi connectivity index (χ4v) is 9.11. The normalized spacial score (nSPS) is 18.9. The molecule has 3 aromatic rings. The standard InChI is InChI=1S/C34H43N5O4S2/c1-3-7-30(37-44(2,40)41)22-34(26-35,28-8-5-4-6-9-28)29-16-20-38(21-17-29)23-27-24-39(25-27)31-10-12-32(13-11-31)45(42,43)33-14-18-36-19-15-33/h4-6,8-15,18-19,27,29-30,37H,3,7,16-17,20-25H2,1-2H3/t30-,34?/m0/s1. The summed E-state index contributed by atoms with van der Waals surface area (Å²) in [7, 11) is -6.97. The van der Waals surface area contributed by atoms with Gasteiger partial charge >= 0.3 is 0 Å². The van der Waals surface area contributed by atoms with Crippen LogP contribution < -0.4 is 9.62 Å². The number of pyridine rings is 1. The molecule has 0 saturated carbocycles. The molecule has 1 unspecified atom stereocenters. The van der Waals surface area contributed by atoms with Crippen molar-refractivity contribution in [3.05, 3.63) is 84.7 Å². The topological polar surface area (TPSA) is 123 Å². The Morgan fingerprint density at radius 1 is 0.956 bits per heavy atom. The molecule has 0 radical (unpaired) electrons. The van der Waals surface area contributed by atoms with E-state index < -0.39 is 25.3 Å². The van der Waals surface area contributed by atoms with Crippen LogP contribution in [0.3, 0.4) is 0 Å². The summed E-state index contributed by atoms with van der Waals surface area (Å²) in [6.07, 6.45) is 7.88. The van der Waals surface area contributed by atoms with E-state index in [1.54, 1.807) is 12.1 Å². The lowest BCUT2D eigenvalue weighted by molar-refractivity contribution is 0.117. The fraction of sp³-hybridized carbons (Fsp3) is 0.471.